The average Bonchev–Trinajstić information content (AvgIpc) is 3.28. The maximum Gasteiger partial charge on any atom is 0.262 e. The van der Waals surface area contributed by atoms with Crippen molar-refractivity contribution in [3.8, 4) is 5.75 Å². The zero-order chi connectivity index (χ0) is 29.4. The maximum atomic E-state index is 15.7. The number of aromatic nitrogens is 3. The van der Waals surface area contributed by atoms with Crippen molar-refractivity contribution in [1.29, 1.82) is 0 Å². The number of likely N-dealkylation sites (N-methyl/N-ethyl adjacent to an activating group) is 1. The summed E-state index contributed by atoms with van der Waals surface area (Å²) in [4.78, 5) is 27.2. The average molecular weight is 580 g/mol. The number of nitrogens with zero attached hydrogens (tertiary/aromatic N) is 5. The molecule has 0 radical (unpaired) electrons. The zero-order valence-corrected chi connectivity index (χ0v) is 24.7. The van der Waals surface area contributed by atoms with Crippen LogP contribution in [0.15, 0.2) is 42.7 Å². The number of rotatable bonds is 7. The van der Waals surface area contributed by atoms with E-state index in [1.54, 1.807) is 18.5 Å². The van der Waals surface area contributed by atoms with Crippen molar-refractivity contribution in [2.45, 2.75) is 39.7 Å². The van der Waals surface area contributed by atoms with Gasteiger partial charge in [-0.25, -0.2) is 14.4 Å². The maximum absolute atomic E-state index is 15.7. The summed E-state index contributed by atoms with van der Waals surface area (Å²) in [6.07, 6.45) is 3.03. The van der Waals surface area contributed by atoms with E-state index in [-0.39, 0.29) is 22.4 Å². The number of hydrogen-bond acceptors (Lipinski definition) is 7. The molecule has 0 aliphatic carbocycles. The van der Waals surface area contributed by atoms with Gasteiger partial charge in [-0.2, -0.15) is 0 Å². The number of nitrogen functional groups attached to an aromatic ring is 1. The highest BCUT2D eigenvalue weighted by Gasteiger charge is 2.30. The first kappa shape index (κ1) is 28.6. The standard InChI is InChI=1S/C30H35ClFN7O2/c1-17(2)41-27-22(18(3)29-35-19(4)26-28(33)34-9-10-39(26)29)16-23(31)25(32)24(27)30(40)36-20-7-6-8-21(15-20)38-13-11-37(5)12-14-38/h6-10,15-18H,11-14H2,1-5H3,(H2,33,34)(H,36,40). The Hall–Kier alpha value is -3.89. The van der Waals surface area contributed by atoms with Gasteiger partial charge in [0.15, 0.2) is 5.82 Å². The number of fused-ring (bicyclic) bond motifs is 1. The van der Waals surface area contributed by atoms with Crippen LogP contribution in [0, 0.1) is 12.7 Å². The van der Waals surface area contributed by atoms with Gasteiger partial charge in [-0.05, 0) is 52.1 Å². The van der Waals surface area contributed by atoms with E-state index in [2.05, 4.69) is 27.1 Å². The number of anilines is 3. The van der Waals surface area contributed by atoms with Gasteiger partial charge in [0.2, 0.25) is 0 Å². The number of piperazine rings is 1. The van der Waals surface area contributed by atoms with E-state index in [1.807, 2.05) is 50.3 Å². The van der Waals surface area contributed by atoms with Gasteiger partial charge in [0.1, 0.15) is 28.5 Å². The molecule has 5 rings (SSSR count). The number of halogens is 2. The molecule has 3 heterocycles. The highest BCUT2D eigenvalue weighted by molar-refractivity contribution is 6.31. The largest absolute Gasteiger partial charge is 0.490 e. The number of benzene rings is 2. The second-order valence-electron chi connectivity index (χ2n) is 10.7. The van der Waals surface area contributed by atoms with Crippen LogP contribution in [0.4, 0.5) is 21.6 Å². The van der Waals surface area contributed by atoms with E-state index in [0.29, 0.717) is 34.1 Å². The highest BCUT2D eigenvalue weighted by atomic mass is 35.5. The molecule has 1 amide bonds. The molecule has 11 heteroatoms. The van der Waals surface area contributed by atoms with Crippen LogP contribution in [0.2, 0.25) is 5.02 Å². The molecular formula is C30H35ClFN7O2. The van der Waals surface area contributed by atoms with Crippen molar-refractivity contribution in [1.82, 2.24) is 19.3 Å². The molecule has 2 aromatic heterocycles. The molecule has 4 aromatic rings. The molecule has 1 saturated heterocycles. The molecule has 0 saturated carbocycles. The lowest BCUT2D eigenvalue weighted by Crippen LogP contribution is -2.44. The van der Waals surface area contributed by atoms with Gasteiger partial charge in [-0.1, -0.05) is 24.6 Å². The first-order valence-electron chi connectivity index (χ1n) is 13.7. The van der Waals surface area contributed by atoms with Crippen molar-refractivity contribution in [2.75, 3.05) is 49.2 Å². The van der Waals surface area contributed by atoms with E-state index in [1.165, 1.54) is 6.07 Å². The van der Waals surface area contributed by atoms with Crippen molar-refractivity contribution < 1.29 is 13.9 Å². The number of imidazole rings is 1. The van der Waals surface area contributed by atoms with Gasteiger partial charge in [0.25, 0.3) is 5.91 Å². The summed E-state index contributed by atoms with van der Waals surface area (Å²) in [5.41, 5.74) is 9.34. The van der Waals surface area contributed by atoms with Crippen LogP contribution >= 0.6 is 11.6 Å². The molecule has 41 heavy (non-hydrogen) atoms. The first-order valence-corrected chi connectivity index (χ1v) is 14.1. The summed E-state index contributed by atoms with van der Waals surface area (Å²) in [7, 11) is 2.10. The fraction of sp³-hybridized carbons (Fsp3) is 0.367. The van der Waals surface area contributed by atoms with Gasteiger partial charge >= 0.3 is 0 Å². The normalized spacial score (nSPS) is 15.0. The molecule has 1 aliphatic rings. The molecule has 1 unspecified atom stereocenters. The number of aryl methyl sites for hydroxylation is 1. The predicted molar refractivity (Wildman–Crippen MR) is 161 cm³/mol. The predicted octanol–water partition coefficient (Wildman–Crippen LogP) is 5.36. The SMILES string of the molecule is Cc1nc(C(C)c2cc(Cl)c(F)c(C(=O)Nc3cccc(N4CCN(C)CC4)c3)c2OC(C)C)n2ccnc(N)c12. The van der Waals surface area contributed by atoms with Crippen LogP contribution < -0.4 is 20.7 Å². The third-order valence-electron chi connectivity index (χ3n) is 7.39. The number of nitrogens with one attached hydrogen (secondary N) is 1. The molecule has 216 valence electrons. The third-order valence-corrected chi connectivity index (χ3v) is 7.67. The molecular weight excluding hydrogens is 545 g/mol. The fourth-order valence-corrected chi connectivity index (χ4v) is 5.48. The zero-order valence-electron chi connectivity index (χ0n) is 23.9. The van der Waals surface area contributed by atoms with E-state index in [4.69, 9.17) is 27.1 Å². The Morgan fingerprint density at radius 2 is 1.90 bits per heavy atom. The number of ether oxygens (including phenoxy) is 1. The van der Waals surface area contributed by atoms with Crippen molar-refractivity contribution in [3.63, 3.8) is 0 Å². The lowest BCUT2D eigenvalue weighted by molar-refractivity contribution is 0.101. The molecule has 3 N–H and O–H groups in total. The summed E-state index contributed by atoms with van der Waals surface area (Å²) in [6.45, 7) is 11.1. The minimum atomic E-state index is -0.844. The monoisotopic (exact) mass is 579 g/mol. The molecule has 0 spiro atoms. The van der Waals surface area contributed by atoms with Crippen LogP contribution in [0.1, 0.15) is 54.1 Å². The molecule has 1 fully saturated rings. The highest BCUT2D eigenvalue weighted by Crippen LogP contribution is 2.40. The van der Waals surface area contributed by atoms with Crippen LogP contribution in [-0.2, 0) is 0 Å². The van der Waals surface area contributed by atoms with E-state index in [9.17, 15) is 4.79 Å². The Morgan fingerprint density at radius 1 is 1.17 bits per heavy atom. The molecule has 1 aliphatic heterocycles. The number of hydrogen-bond donors (Lipinski definition) is 2. The first-order chi connectivity index (χ1) is 19.5. The smallest absolute Gasteiger partial charge is 0.262 e. The van der Waals surface area contributed by atoms with Crippen LogP contribution in [0.3, 0.4) is 0 Å². The van der Waals surface area contributed by atoms with E-state index in [0.717, 1.165) is 31.9 Å². The van der Waals surface area contributed by atoms with Crippen LogP contribution in [-0.4, -0.2) is 64.5 Å². The van der Waals surface area contributed by atoms with Crippen molar-refractivity contribution >= 4 is 40.2 Å². The number of amides is 1. The lowest BCUT2D eigenvalue weighted by atomic mass is 9.95. The number of carbonyl (C=O) groups is 1. The Morgan fingerprint density at radius 3 is 2.61 bits per heavy atom. The summed E-state index contributed by atoms with van der Waals surface area (Å²) in [5, 5.41) is 2.69. The van der Waals surface area contributed by atoms with Crippen molar-refractivity contribution in [3.05, 3.63) is 76.2 Å². The van der Waals surface area contributed by atoms with Gasteiger partial charge in [0, 0.05) is 61.4 Å². The minimum absolute atomic E-state index is 0.124. The third kappa shape index (κ3) is 5.67. The van der Waals surface area contributed by atoms with E-state index >= 15 is 4.39 Å². The lowest BCUT2D eigenvalue weighted by Gasteiger charge is -2.34. The topological polar surface area (TPSA) is 101 Å². The summed E-state index contributed by atoms with van der Waals surface area (Å²) >= 11 is 6.41. The second-order valence-corrected chi connectivity index (χ2v) is 11.1. The van der Waals surface area contributed by atoms with Gasteiger partial charge in [-0.15, -0.1) is 0 Å². The van der Waals surface area contributed by atoms with Crippen LogP contribution in [0.5, 0.6) is 5.75 Å². The second kappa shape index (κ2) is 11.5. The fourth-order valence-electron chi connectivity index (χ4n) is 5.27. The summed E-state index contributed by atoms with van der Waals surface area (Å²) in [6, 6.07) is 9.07. The minimum Gasteiger partial charge on any atom is -0.490 e. The Balaban J connectivity index is 1.54. The molecule has 2 aromatic carbocycles. The Labute approximate surface area is 244 Å². The van der Waals surface area contributed by atoms with E-state index < -0.39 is 17.6 Å². The molecule has 0 bridgehead atoms. The molecule has 9 nitrogen and oxygen atoms in total. The molecule has 1 atom stereocenters. The van der Waals surface area contributed by atoms with Gasteiger partial charge in [-0.3, -0.25) is 9.20 Å². The number of carbonyl (C=O) groups excluding carboxylic acids is 1. The van der Waals surface area contributed by atoms with Gasteiger partial charge in [0.05, 0.1) is 16.8 Å². The Kier molecular flexibility index (Phi) is 8.06. The summed E-state index contributed by atoms with van der Waals surface area (Å²) < 4.78 is 23.7. The van der Waals surface area contributed by atoms with Gasteiger partial charge < -0.3 is 25.6 Å². The van der Waals surface area contributed by atoms with Crippen molar-refractivity contribution in [2.24, 2.45) is 0 Å². The summed E-state index contributed by atoms with van der Waals surface area (Å²) in [5.74, 6) is -0.818. The Bertz CT molecular complexity index is 1600. The van der Waals surface area contributed by atoms with Crippen LogP contribution in [0.25, 0.3) is 5.52 Å². The number of nitrogens with two attached hydrogens (primary N) is 1. The quantitative estimate of drug-likeness (QED) is 0.304.